The van der Waals surface area contributed by atoms with E-state index >= 15 is 0 Å². The van der Waals surface area contributed by atoms with Gasteiger partial charge in [-0.15, -0.1) is 11.6 Å². The molecule has 0 aliphatic heterocycles. The highest BCUT2D eigenvalue weighted by Crippen LogP contribution is 2.18. The van der Waals surface area contributed by atoms with E-state index in [1.54, 1.807) is 30.6 Å². The van der Waals surface area contributed by atoms with Gasteiger partial charge < -0.3 is 0 Å². The summed E-state index contributed by atoms with van der Waals surface area (Å²) in [5.41, 5.74) is 1.76. The number of rotatable bonds is 2. The van der Waals surface area contributed by atoms with Crippen molar-refractivity contribution in [3.8, 4) is 11.3 Å². The first kappa shape index (κ1) is 10.1. The number of hydrogen-bond donors (Lipinski definition) is 0. The second kappa shape index (κ2) is 4.36. The fourth-order valence-corrected chi connectivity index (χ4v) is 1.44. The molecule has 2 nitrogen and oxygen atoms in total. The van der Waals surface area contributed by atoms with Crippen molar-refractivity contribution in [2.45, 2.75) is 5.88 Å². The largest absolute Gasteiger partial charge is 0.264 e. The Morgan fingerprint density at radius 1 is 1.27 bits per heavy atom. The van der Waals surface area contributed by atoms with Crippen LogP contribution in [0.4, 0.5) is 4.39 Å². The van der Waals surface area contributed by atoms with Crippen LogP contribution in [0.3, 0.4) is 0 Å². The van der Waals surface area contributed by atoms with Gasteiger partial charge in [-0.05, 0) is 18.2 Å². The molecule has 76 valence electrons. The van der Waals surface area contributed by atoms with Gasteiger partial charge in [-0.2, -0.15) is 4.39 Å². The average Bonchev–Trinajstić information content (AvgIpc) is 2.30. The van der Waals surface area contributed by atoms with Gasteiger partial charge in [-0.1, -0.05) is 6.07 Å². The van der Waals surface area contributed by atoms with Gasteiger partial charge in [-0.25, -0.2) is 4.98 Å². The van der Waals surface area contributed by atoms with Crippen LogP contribution < -0.4 is 0 Å². The van der Waals surface area contributed by atoms with Crippen molar-refractivity contribution in [1.29, 1.82) is 0 Å². The lowest BCUT2D eigenvalue weighted by atomic mass is 10.2. The van der Waals surface area contributed by atoms with Crippen LogP contribution in [0.2, 0.25) is 0 Å². The third-order valence-corrected chi connectivity index (χ3v) is 2.32. The lowest BCUT2D eigenvalue weighted by molar-refractivity contribution is 0.574. The molecular weight excluding hydrogens is 215 g/mol. The summed E-state index contributed by atoms with van der Waals surface area (Å²) in [5.74, 6) is -0.391. The second-order valence-corrected chi connectivity index (χ2v) is 3.29. The molecule has 0 unspecified atom stereocenters. The summed E-state index contributed by atoms with van der Waals surface area (Å²) in [4.78, 5) is 7.77. The molecule has 0 N–H and O–H groups in total. The first-order chi connectivity index (χ1) is 7.31. The summed E-state index contributed by atoms with van der Waals surface area (Å²) in [6.45, 7) is 0. The minimum absolute atomic E-state index is 0.131. The Bertz CT molecular complexity index is 459. The molecular formula is C11H8ClFN2. The van der Waals surface area contributed by atoms with Gasteiger partial charge in [0.1, 0.15) is 0 Å². The van der Waals surface area contributed by atoms with Crippen molar-refractivity contribution in [3.05, 3.63) is 48.2 Å². The number of nitrogens with zero attached hydrogens (tertiary/aromatic N) is 2. The average molecular weight is 223 g/mol. The molecule has 0 bridgehead atoms. The summed E-state index contributed by atoms with van der Waals surface area (Å²) in [6, 6.07) is 6.98. The minimum atomic E-state index is -0.522. The third kappa shape index (κ3) is 2.13. The minimum Gasteiger partial charge on any atom is -0.264 e. The molecule has 15 heavy (non-hydrogen) atoms. The Morgan fingerprint density at radius 3 is 2.73 bits per heavy atom. The SMILES string of the molecule is Fc1nc(-c2cccnc2)ccc1CCl. The van der Waals surface area contributed by atoms with E-state index in [0.717, 1.165) is 5.56 Å². The van der Waals surface area contributed by atoms with Crippen molar-refractivity contribution in [1.82, 2.24) is 9.97 Å². The molecule has 2 aromatic heterocycles. The van der Waals surface area contributed by atoms with Gasteiger partial charge >= 0.3 is 0 Å². The second-order valence-electron chi connectivity index (χ2n) is 3.02. The van der Waals surface area contributed by atoms with Gasteiger partial charge in [0.2, 0.25) is 5.95 Å². The Hall–Kier alpha value is -1.48. The number of alkyl halides is 1. The number of pyridine rings is 2. The quantitative estimate of drug-likeness (QED) is 0.577. The topological polar surface area (TPSA) is 25.8 Å². The highest BCUT2D eigenvalue weighted by molar-refractivity contribution is 6.17. The summed E-state index contributed by atoms with van der Waals surface area (Å²) in [6.07, 6.45) is 3.30. The zero-order valence-electron chi connectivity index (χ0n) is 7.82. The van der Waals surface area contributed by atoms with Crippen molar-refractivity contribution in [2.75, 3.05) is 0 Å². The van der Waals surface area contributed by atoms with Gasteiger partial charge in [0.05, 0.1) is 11.6 Å². The summed E-state index contributed by atoms with van der Waals surface area (Å²) >= 11 is 5.54. The fourth-order valence-electron chi connectivity index (χ4n) is 1.24. The van der Waals surface area contributed by atoms with E-state index in [2.05, 4.69) is 9.97 Å². The maximum atomic E-state index is 13.3. The zero-order chi connectivity index (χ0) is 10.7. The van der Waals surface area contributed by atoms with Crippen LogP contribution in [-0.4, -0.2) is 9.97 Å². The molecule has 4 heteroatoms. The Labute approximate surface area is 91.8 Å². The molecule has 2 heterocycles. The lowest BCUT2D eigenvalue weighted by Gasteiger charge is -2.02. The maximum absolute atomic E-state index is 13.3. The molecule has 2 rings (SSSR count). The Morgan fingerprint density at radius 2 is 2.13 bits per heavy atom. The molecule has 0 atom stereocenters. The lowest BCUT2D eigenvalue weighted by Crippen LogP contribution is -1.93. The van der Waals surface area contributed by atoms with Crippen LogP contribution in [0, 0.1) is 5.95 Å². The van der Waals surface area contributed by atoms with Crippen molar-refractivity contribution >= 4 is 11.6 Å². The van der Waals surface area contributed by atoms with Gasteiger partial charge in [0.15, 0.2) is 0 Å². The van der Waals surface area contributed by atoms with Crippen LogP contribution in [0.25, 0.3) is 11.3 Å². The van der Waals surface area contributed by atoms with E-state index in [-0.39, 0.29) is 5.88 Å². The van der Waals surface area contributed by atoms with E-state index in [1.165, 1.54) is 0 Å². The predicted molar refractivity (Wildman–Crippen MR) is 57.0 cm³/mol. The molecule has 0 aromatic carbocycles. The molecule has 0 spiro atoms. The summed E-state index contributed by atoms with van der Waals surface area (Å²) in [7, 11) is 0. The van der Waals surface area contributed by atoms with E-state index < -0.39 is 5.95 Å². The van der Waals surface area contributed by atoms with Crippen LogP contribution >= 0.6 is 11.6 Å². The standard InChI is InChI=1S/C11H8ClFN2/c12-6-8-3-4-10(15-11(8)13)9-2-1-5-14-7-9/h1-5,7H,6H2. The van der Waals surface area contributed by atoms with E-state index in [0.29, 0.717) is 11.3 Å². The van der Waals surface area contributed by atoms with Crippen molar-refractivity contribution in [3.63, 3.8) is 0 Å². The van der Waals surface area contributed by atoms with Gasteiger partial charge in [0.25, 0.3) is 0 Å². The predicted octanol–water partition coefficient (Wildman–Crippen LogP) is 3.02. The zero-order valence-corrected chi connectivity index (χ0v) is 8.58. The molecule has 0 aliphatic rings. The van der Waals surface area contributed by atoms with Crippen molar-refractivity contribution < 1.29 is 4.39 Å². The van der Waals surface area contributed by atoms with E-state index in [9.17, 15) is 4.39 Å². The van der Waals surface area contributed by atoms with Crippen LogP contribution in [0.15, 0.2) is 36.7 Å². The number of halogens is 2. The van der Waals surface area contributed by atoms with Crippen LogP contribution in [-0.2, 0) is 5.88 Å². The van der Waals surface area contributed by atoms with Gasteiger partial charge in [-0.3, -0.25) is 4.98 Å². The molecule has 0 saturated carbocycles. The molecule has 2 aromatic rings. The molecule has 0 amide bonds. The Balaban J connectivity index is 2.43. The Kier molecular flexibility index (Phi) is 2.92. The van der Waals surface area contributed by atoms with Gasteiger partial charge in [0, 0.05) is 23.5 Å². The molecule has 0 aliphatic carbocycles. The third-order valence-electron chi connectivity index (χ3n) is 2.03. The highest BCUT2D eigenvalue weighted by atomic mass is 35.5. The summed E-state index contributed by atoms with van der Waals surface area (Å²) in [5, 5.41) is 0. The smallest absolute Gasteiger partial charge is 0.217 e. The van der Waals surface area contributed by atoms with Crippen LogP contribution in [0.5, 0.6) is 0 Å². The number of hydrogen-bond acceptors (Lipinski definition) is 2. The fraction of sp³-hybridized carbons (Fsp3) is 0.0909. The number of aromatic nitrogens is 2. The maximum Gasteiger partial charge on any atom is 0.217 e. The monoisotopic (exact) mass is 222 g/mol. The van der Waals surface area contributed by atoms with Crippen molar-refractivity contribution in [2.24, 2.45) is 0 Å². The molecule has 0 fully saturated rings. The first-order valence-electron chi connectivity index (χ1n) is 4.43. The summed E-state index contributed by atoms with van der Waals surface area (Å²) < 4.78 is 13.3. The van der Waals surface area contributed by atoms with E-state index in [1.807, 2.05) is 6.07 Å². The normalized spacial score (nSPS) is 10.3. The van der Waals surface area contributed by atoms with Crippen LogP contribution in [0.1, 0.15) is 5.56 Å². The molecule has 0 saturated heterocycles. The molecule has 0 radical (unpaired) electrons. The van der Waals surface area contributed by atoms with E-state index in [4.69, 9.17) is 11.6 Å². The first-order valence-corrected chi connectivity index (χ1v) is 4.96. The highest BCUT2D eigenvalue weighted by Gasteiger charge is 2.05.